The molecule has 0 bridgehead atoms. The van der Waals surface area contributed by atoms with Crippen LogP contribution in [0.5, 0.6) is 0 Å². The molecule has 1 heterocycles. The maximum atomic E-state index is 12.8. The Balaban J connectivity index is 2.16. The van der Waals surface area contributed by atoms with Crippen LogP contribution in [0.3, 0.4) is 0 Å². The molecule has 4 heteroatoms. The molecule has 2 rings (SSSR count). The Morgan fingerprint density at radius 1 is 1.40 bits per heavy atom. The van der Waals surface area contributed by atoms with E-state index in [1.807, 2.05) is 43.0 Å². The van der Waals surface area contributed by atoms with Crippen molar-refractivity contribution in [2.75, 3.05) is 19.7 Å². The van der Waals surface area contributed by atoms with E-state index in [-0.39, 0.29) is 18.4 Å². The third kappa shape index (κ3) is 3.15. The highest BCUT2D eigenvalue weighted by Gasteiger charge is 2.35. The summed E-state index contributed by atoms with van der Waals surface area (Å²) in [7, 11) is 0. The molecule has 1 atom stereocenters. The van der Waals surface area contributed by atoms with Crippen molar-refractivity contribution in [3.63, 3.8) is 0 Å². The second-order valence-electron chi connectivity index (χ2n) is 6.07. The third-order valence-corrected chi connectivity index (χ3v) is 4.42. The Morgan fingerprint density at radius 2 is 2.05 bits per heavy atom. The molecule has 0 saturated carbocycles. The van der Waals surface area contributed by atoms with Crippen molar-refractivity contribution in [3.05, 3.63) is 34.9 Å². The van der Waals surface area contributed by atoms with Crippen LogP contribution in [-0.2, 0) is 10.2 Å². The first-order valence-corrected chi connectivity index (χ1v) is 7.49. The molecule has 1 saturated heterocycles. The number of carbonyl (C=O) groups is 1. The van der Waals surface area contributed by atoms with E-state index in [9.17, 15) is 9.90 Å². The number of piperidine rings is 1. The number of aliphatic hydroxyl groups is 1. The maximum Gasteiger partial charge on any atom is 0.232 e. The van der Waals surface area contributed by atoms with Crippen molar-refractivity contribution in [2.24, 2.45) is 5.92 Å². The lowest BCUT2D eigenvalue weighted by Gasteiger charge is -2.37. The zero-order valence-electron chi connectivity index (χ0n) is 12.1. The molecule has 0 radical (unpaired) electrons. The zero-order chi connectivity index (χ0) is 14.8. The van der Waals surface area contributed by atoms with Gasteiger partial charge in [-0.25, -0.2) is 0 Å². The molecule has 1 aromatic rings. The van der Waals surface area contributed by atoms with Gasteiger partial charge < -0.3 is 10.0 Å². The van der Waals surface area contributed by atoms with E-state index in [0.29, 0.717) is 11.6 Å². The van der Waals surface area contributed by atoms with Crippen LogP contribution in [0.4, 0.5) is 0 Å². The molecule has 1 fully saturated rings. The van der Waals surface area contributed by atoms with Crippen molar-refractivity contribution >= 4 is 17.5 Å². The maximum absolute atomic E-state index is 12.8. The number of likely N-dealkylation sites (tertiary alicyclic amines) is 1. The first-order valence-electron chi connectivity index (χ1n) is 7.11. The number of hydrogen-bond acceptors (Lipinski definition) is 2. The molecule has 1 aromatic carbocycles. The second-order valence-corrected chi connectivity index (χ2v) is 6.51. The molecule has 110 valence electrons. The summed E-state index contributed by atoms with van der Waals surface area (Å²) in [5, 5.41) is 9.96. The van der Waals surface area contributed by atoms with Gasteiger partial charge in [-0.2, -0.15) is 0 Å². The lowest BCUT2D eigenvalue weighted by atomic mass is 9.82. The number of nitrogens with zero attached hydrogens (tertiary/aromatic N) is 1. The number of benzene rings is 1. The van der Waals surface area contributed by atoms with Gasteiger partial charge in [-0.15, -0.1) is 0 Å². The fourth-order valence-electron chi connectivity index (χ4n) is 2.78. The third-order valence-electron chi connectivity index (χ3n) is 4.16. The van der Waals surface area contributed by atoms with Crippen LogP contribution in [0.2, 0.25) is 5.02 Å². The molecule has 1 amide bonds. The summed E-state index contributed by atoms with van der Waals surface area (Å²) in [5.41, 5.74) is 0.403. The standard InChI is InChI=1S/C16H22ClNO2/c1-16(2,13-5-7-14(17)8-6-13)15(20)18-9-3-4-12(10-18)11-19/h5-8,12,19H,3-4,9-11H2,1-2H3/t12-/m1/s1. The van der Waals surface area contributed by atoms with E-state index < -0.39 is 5.41 Å². The monoisotopic (exact) mass is 295 g/mol. The SMILES string of the molecule is CC(C)(C(=O)N1CCC[C@@H](CO)C1)c1ccc(Cl)cc1. The highest BCUT2D eigenvalue weighted by Crippen LogP contribution is 2.29. The molecule has 3 nitrogen and oxygen atoms in total. The van der Waals surface area contributed by atoms with E-state index in [1.165, 1.54) is 0 Å². The summed E-state index contributed by atoms with van der Waals surface area (Å²) in [4.78, 5) is 14.7. The molecule has 0 aliphatic carbocycles. The van der Waals surface area contributed by atoms with Crippen LogP contribution in [0.15, 0.2) is 24.3 Å². The Hall–Kier alpha value is -1.06. The Kier molecular flexibility index (Phi) is 4.71. The summed E-state index contributed by atoms with van der Waals surface area (Å²) in [5.74, 6) is 0.340. The van der Waals surface area contributed by atoms with Gasteiger partial charge >= 0.3 is 0 Å². The van der Waals surface area contributed by atoms with E-state index >= 15 is 0 Å². The molecular weight excluding hydrogens is 274 g/mol. The average Bonchev–Trinajstić information content (AvgIpc) is 2.47. The minimum absolute atomic E-state index is 0.123. The fraction of sp³-hybridized carbons (Fsp3) is 0.562. The molecule has 1 N–H and O–H groups in total. The molecule has 0 unspecified atom stereocenters. The van der Waals surface area contributed by atoms with Crippen molar-refractivity contribution in [2.45, 2.75) is 32.1 Å². The average molecular weight is 296 g/mol. The lowest BCUT2D eigenvalue weighted by Crippen LogP contribution is -2.48. The molecule has 1 aliphatic rings. The number of carbonyl (C=O) groups excluding carboxylic acids is 1. The molecule has 0 spiro atoms. The lowest BCUT2D eigenvalue weighted by molar-refractivity contribution is -0.138. The Morgan fingerprint density at radius 3 is 2.65 bits per heavy atom. The normalized spacial score (nSPS) is 20.0. The van der Waals surface area contributed by atoms with E-state index in [1.54, 1.807) is 0 Å². The fourth-order valence-corrected chi connectivity index (χ4v) is 2.91. The summed E-state index contributed by atoms with van der Waals surface area (Å²) in [6.45, 7) is 5.49. The number of aliphatic hydroxyl groups excluding tert-OH is 1. The van der Waals surface area contributed by atoms with Crippen molar-refractivity contribution in [1.82, 2.24) is 4.90 Å². The Labute approximate surface area is 125 Å². The molecule has 0 aromatic heterocycles. The summed E-state index contributed by atoms with van der Waals surface area (Å²) in [6.07, 6.45) is 1.97. The van der Waals surface area contributed by atoms with Crippen molar-refractivity contribution in [1.29, 1.82) is 0 Å². The number of rotatable bonds is 3. The van der Waals surface area contributed by atoms with Gasteiger partial charge in [-0.1, -0.05) is 23.7 Å². The van der Waals surface area contributed by atoms with Gasteiger partial charge in [-0.3, -0.25) is 4.79 Å². The van der Waals surface area contributed by atoms with Crippen LogP contribution in [0.25, 0.3) is 0 Å². The molecule has 20 heavy (non-hydrogen) atoms. The smallest absolute Gasteiger partial charge is 0.232 e. The van der Waals surface area contributed by atoms with Crippen LogP contribution >= 0.6 is 11.6 Å². The highest BCUT2D eigenvalue weighted by atomic mass is 35.5. The summed E-state index contributed by atoms with van der Waals surface area (Å²) >= 11 is 5.90. The molecular formula is C16H22ClNO2. The van der Waals surface area contributed by atoms with Crippen LogP contribution in [-0.4, -0.2) is 35.6 Å². The topological polar surface area (TPSA) is 40.5 Å². The van der Waals surface area contributed by atoms with Gasteiger partial charge in [0.15, 0.2) is 0 Å². The number of halogens is 1. The minimum Gasteiger partial charge on any atom is -0.396 e. The number of hydrogen-bond donors (Lipinski definition) is 1. The largest absolute Gasteiger partial charge is 0.396 e. The Bertz CT molecular complexity index is 470. The van der Waals surface area contributed by atoms with Crippen LogP contribution in [0.1, 0.15) is 32.3 Å². The summed E-state index contributed by atoms with van der Waals surface area (Å²) in [6, 6.07) is 7.46. The first-order chi connectivity index (χ1) is 9.45. The predicted molar refractivity (Wildman–Crippen MR) is 80.9 cm³/mol. The van der Waals surface area contributed by atoms with E-state index in [0.717, 1.165) is 24.9 Å². The van der Waals surface area contributed by atoms with Crippen LogP contribution in [0, 0.1) is 5.92 Å². The van der Waals surface area contributed by atoms with Gasteiger partial charge in [0.05, 0.1) is 5.41 Å². The number of amides is 1. The molecule has 1 aliphatic heterocycles. The van der Waals surface area contributed by atoms with Gasteiger partial charge in [-0.05, 0) is 50.3 Å². The van der Waals surface area contributed by atoms with Gasteiger partial charge in [0.1, 0.15) is 0 Å². The van der Waals surface area contributed by atoms with Gasteiger partial charge in [0, 0.05) is 24.7 Å². The van der Waals surface area contributed by atoms with Crippen molar-refractivity contribution in [3.8, 4) is 0 Å². The minimum atomic E-state index is -0.568. The predicted octanol–water partition coefficient (Wildman–Crippen LogP) is 2.85. The van der Waals surface area contributed by atoms with Gasteiger partial charge in [0.2, 0.25) is 5.91 Å². The zero-order valence-corrected chi connectivity index (χ0v) is 12.9. The second kappa shape index (κ2) is 6.15. The van der Waals surface area contributed by atoms with E-state index in [4.69, 9.17) is 11.6 Å². The van der Waals surface area contributed by atoms with Crippen molar-refractivity contribution < 1.29 is 9.90 Å². The highest BCUT2D eigenvalue weighted by molar-refractivity contribution is 6.30. The summed E-state index contributed by atoms with van der Waals surface area (Å²) < 4.78 is 0. The quantitative estimate of drug-likeness (QED) is 0.931. The van der Waals surface area contributed by atoms with Crippen LogP contribution < -0.4 is 0 Å². The first kappa shape index (κ1) is 15.3. The van der Waals surface area contributed by atoms with E-state index in [2.05, 4.69) is 0 Å². The van der Waals surface area contributed by atoms with Gasteiger partial charge in [0.25, 0.3) is 0 Å².